The summed E-state index contributed by atoms with van der Waals surface area (Å²) in [6, 6.07) is 7.09. The molecule has 1 N–H and O–H groups in total. The summed E-state index contributed by atoms with van der Waals surface area (Å²) in [6.07, 6.45) is 1.69. The Morgan fingerprint density at radius 2 is 2.15 bits per heavy atom. The van der Waals surface area contributed by atoms with E-state index in [9.17, 15) is 4.79 Å². The standard InChI is InChI=1S/C14H16N2O4/c1-18-13-7-10(5-6-16-13)8-15-9-11-3-4-12(20-11)14(17)19-2/h3-7,15H,8-9H2,1-2H3. The quantitative estimate of drug-likeness (QED) is 0.810. The second-order valence-electron chi connectivity index (χ2n) is 4.07. The van der Waals surface area contributed by atoms with Gasteiger partial charge >= 0.3 is 5.97 Å². The van der Waals surface area contributed by atoms with E-state index in [1.807, 2.05) is 12.1 Å². The summed E-state index contributed by atoms with van der Waals surface area (Å²) in [5.74, 6) is 0.978. The van der Waals surface area contributed by atoms with E-state index in [0.717, 1.165) is 5.56 Å². The molecule has 0 aliphatic heterocycles. The van der Waals surface area contributed by atoms with Gasteiger partial charge in [-0.1, -0.05) is 0 Å². The number of pyridine rings is 1. The van der Waals surface area contributed by atoms with Gasteiger partial charge in [-0.05, 0) is 23.8 Å². The van der Waals surface area contributed by atoms with Crippen molar-refractivity contribution in [1.82, 2.24) is 10.3 Å². The molecule has 0 saturated carbocycles. The maximum absolute atomic E-state index is 11.2. The molecular weight excluding hydrogens is 260 g/mol. The van der Waals surface area contributed by atoms with Crippen LogP contribution in [0.25, 0.3) is 0 Å². The molecule has 0 fully saturated rings. The van der Waals surface area contributed by atoms with Gasteiger partial charge in [-0.3, -0.25) is 0 Å². The number of carbonyl (C=O) groups is 1. The first-order valence-corrected chi connectivity index (χ1v) is 6.09. The smallest absolute Gasteiger partial charge is 0.373 e. The van der Waals surface area contributed by atoms with Gasteiger partial charge in [0.2, 0.25) is 11.6 Å². The Hall–Kier alpha value is -2.34. The van der Waals surface area contributed by atoms with Crippen LogP contribution in [-0.2, 0) is 17.8 Å². The second-order valence-corrected chi connectivity index (χ2v) is 4.07. The van der Waals surface area contributed by atoms with E-state index >= 15 is 0 Å². The Morgan fingerprint density at radius 3 is 2.90 bits per heavy atom. The minimum atomic E-state index is -0.477. The molecule has 0 aromatic carbocycles. The third-order valence-corrected chi connectivity index (χ3v) is 2.68. The monoisotopic (exact) mass is 276 g/mol. The Morgan fingerprint density at radius 1 is 1.30 bits per heavy atom. The number of furan rings is 1. The molecule has 0 saturated heterocycles. The summed E-state index contributed by atoms with van der Waals surface area (Å²) in [6.45, 7) is 1.16. The van der Waals surface area contributed by atoms with Gasteiger partial charge in [0, 0.05) is 18.8 Å². The first-order valence-electron chi connectivity index (χ1n) is 6.09. The third-order valence-electron chi connectivity index (χ3n) is 2.68. The summed E-state index contributed by atoms with van der Waals surface area (Å²) >= 11 is 0. The van der Waals surface area contributed by atoms with E-state index in [1.54, 1.807) is 25.4 Å². The molecule has 0 spiro atoms. The number of nitrogens with zero attached hydrogens (tertiary/aromatic N) is 1. The summed E-state index contributed by atoms with van der Waals surface area (Å²) in [5, 5.41) is 3.21. The average molecular weight is 276 g/mol. The summed E-state index contributed by atoms with van der Waals surface area (Å²) < 4.78 is 15.0. The van der Waals surface area contributed by atoms with Crippen LogP contribution < -0.4 is 10.1 Å². The van der Waals surface area contributed by atoms with Crippen LogP contribution in [0.2, 0.25) is 0 Å². The molecule has 0 radical (unpaired) electrons. The highest BCUT2D eigenvalue weighted by Gasteiger charge is 2.10. The SMILES string of the molecule is COC(=O)c1ccc(CNCc2ccnc(OC)c2)o1. The normalized spacial score (nSPS) is 10.3. The highest BCUT2D eigenvalue weighted by Crippen LogP contribution is 2.10. The topological polar surface area (TPSA) is 73.6 Å². The Kier molecular flexibility index (Phi) is 4.73. The Bertz CT molecular complexity index is 580. The number of esters is 1. The maximum Gasteiger partial charge on any atom is 0.373 e. The van der Waals surface area contributed by atoms with E-state index in [4.69, 9.17) is 9.15 Å². The molecule has 0 amide bonds. The number of hydrogen-bond donors (Lipinski definition) is 1. The Labute approximate surface area is 116 Å². The van der Waals surface area contributed by atoms with Crippen LogP contribution in [0.1, 0.15) is 21.9 Å². The predicted molar refractivity (Wildman–Crippen MR) is 71.4 cm³/mol. The minimum Gasteiger partial charge on any atom is -0.481 e. The van der Waals surface area contributed by atoms with E-state index in [-0.39, 0.29) is 5.76 Å². The number of rotatable bonds is 6. The predicted octanol–water partition coefficient (Wildman–Crippen LogP) is 1.76. The van der Waals surface area contributed by atoms with Crippen molar-refractivity contribution in [1.29, 1.82) is 0 Å². The van der Waals surface area contributed by atoms with E-state index in [2.05, 4.69) is 15.0 Å². The Balaban J connectivity index is 1.86. The van der Waals surface area contributed by atoms with Crippen molar-refractivity contribution in [2.45, 2.75) is 13.1 Å². The number of carbonyl (C=O) groups excluding carboxylic acids is 1. The number of methoxy groups -OCH3 is 2. The van der Waals surface area contributed by atoms with Crippen molar-refractivity contribution < 1.29 is 18.7 Å². The fraction of sp³-hybridized carbons (Fsp3) is 0.286. The van der Waals surface area contributed by atoms with Crippen LogP contribution in [-0.4, -0.2) is 25.2 Å². The fourth-order valence-electron chi connectivity index (χ4n) is 1.69. The molecule has 2 rings (SSSR count). The first-order chi connectivity index (χ1) is 9.72. The van der Waals surface area contributed by atoms with Gasteiger partial charge in [0.05, 0.1) is 20.8 Å². The molecule has 6 nitrogen and oxygen atoms in total. The zero-order chi connectivity index (χ0) is 14.4. The van der Waals surface area contributed by atoms with Gasteiger partial charge in [-0.2, -0.15) is 0 Å². The molecule has 0 bridgehead atoms. The maximum atomic E-state index is 11.2. The molecule has 0 unspecified atom stereocenters. The van der Waals surface area contributed by atoms with Gasteiger partial charge in [0.25, 0.3) is 0 Å². The summed E-state index contributed by atoms with van der Waals surface area (Å²) in [4.78, 5) is 15.3. The van der Waals surface area contributed by atoms with E-state index in [1.165, 1.54) is 7.11 Å². The summed E-state index contributed by atoms with van der Waals surface area (Å²) in [5.41, 5.74) is 1.05. The second kappa shape index (κ2) is 6.72. The zero-order valence-electron chi connectivity index (χ0n) is 11.4. The highest BCUT2D eigenvalue weighted by atomic mass is 16.5. The van der Waals surface area contributed by atoms with E-state index in [0.29, 0.717) is 24.7 Å². The van der Waals surface area contributed by atoms with Crippen LogP contribution in [0.15, 0.2) is 34.9 Å². The van der Waals surface area contributed by atoms with E-state index < -0.39 is 5.97 Å². The number of ether oxygens (including phenoxy) is 2. The van der Waals surface area contributed by atoms with Crippen LogP contribution in [0, 0.1) is 0 Å². The lowest BCUT2D eigenvalue weighted by molar-refractivity contribution is 0.0563. The lowest BCUT2D eigenvalue weighted by atomic mass is 10.2. The molecule has 0 aliphatic rings. The van der Waals surface area contributed by atoms with Crippen molar-refractivity contribution in [3.8, 4) is 5.88 Å². The number of aromatic nitrogens is 1. The first kappa shape index (κ1) is 14.1. The minimum absolute atomic E-state index is 0.204. The molecular formula is C14H16N2O4. The zero-order valence-corrected chi connectivity index (χ0v) is 11.4. The molecule has 20 heavy (non-hydrogen) atoms. The van der Waals surface area contributed by atoms with Crippen molar-refractivity contribution in [2.24, 2.45) is 0 Å². The van der Waals surface area contributed by atoms with Gasteiger partial charge in [-0.25, -0.2) is 9.78 Å². The molecule has 2 heterocycles. The van der Waals surface area contributed by atoms with Crippen LogP contribution in [0.3, 0.4) is 0 Å². The molecule has 2 aromatic heterocycles. The van der Waals surface area contributed by atoms with Gasteiger partial charge < -0.3 is 19.2 Å². The number of hydrogen-bond acceptors (Lipinski definition) is 6. The molecule has 6 heteroatoms. The van der Waals surface area contributed by atoms with Gasteiger partial charge in [-0.15, -0.1) is 0 Å². The molecule has 0 aliphatic carbocycles. The molecule has 0 atom stereocenters. The van der Waals surface area contributed by atoms with Crippen molar-refractivity contribution >= 4 is 5.97 Å². The van der Waals surface area contributed by atoms with Crippen molar-refractivity contribution in [3.63, 3.8) is 0 Å². The van der Waals surface area contributed by atoms with Gasteiger partial charge in [0.1, 0.15) is 5.76 Å². The third kappa shape index (κ3) is 3.58. The average Bonchev–Trinajstić information content (AvgIpc) is 2.95. The number of nitrogens with one attached hydrogen (secondary N) is 1. The van der Waals surface area contributed by atoms with Crippen LogP contribution >= 0.6 is 0 Å². The molecule has 106 valence electrons. The fourth-order valence-corrected chi connectivity index (χ4v) is 1.69. The lowest BCUT2D eigenvalue weighted by Gasteiger charge is -2.04. The molecule has 2 aromatic rings. The van der Waals surface area contributed by atoms with Crippen molar-refractivity contribution in [2.75, 3.05) is 14.2 Å². The summed E-state index contributed by atoms with van der Waals surface area (Å²) in [7, 11) is 2.90. The highest BCUT2D eigenvalue weighted by molar-refractivity contribution is 5.86. The van der Waals surface area contributed by atoms with Crippen molar-refractivity contribution in [3.05, 3.63) is 47.5 Å². The lowest BCUT2D eigenvalue weighted by Crippen LogP contribution is -2.12. The van der Waals surface area contributed by atoms with Crippen LogP contribution in [0.5, 0.6) is 5.88 Å². The van der Waals surface area contributed by atoms with Gasteiger partial charge in [0.15, 0.2) is 0 Å². The van der Waals surface area contributed by atoms with Crippen LogP contribution in [0.4, 0.5) is 0 Å². The largest absolute Gasteiger partial charge is 0.481 e.